The first-order chi connectivity index (χ1) is 8.03. The number of piperidine rings is 1. The van der Waals surface area contributed by atoms with Crippen molar-refractivity contribution >= 4 is 0 Å². The lowest BCUT2D eigenvalue weighted by atomic mass is 9.81. The molecule has 1 unspecified atom stereocenters. The van der Waals surface area contributed by atoms with E-state index in [1.54, 1.807) is 0 Å². The minimum absolute atomic E-state index is 0.0417. The second-order valence-electron chi connectivity index (χ2n) is 5.88. The van der Waals surface area contributed by atoms with Gasteiger partial charge in [-0.05, 0) is 51.1 Å². The number of likely N-dealkylation sites (tertiary alicyclic amines) is 1. The number of methoxy groups -OCH3 is 1. The third-order valence-electron chi connectivity index (χ3n) is 4.72. The van der Waals surface area contributed by atoms with Crippen molar-refractivity contribution in [3.8, 4) is 0 Å². The summed E-state index contributed by atoms with van der Waals surface area (Å²) >= 11 is 0. The van der Waals surface area contributed by atoms with Crippen molar-refractivity contribution in [1.82, 2.24) is 4.90 Å². The van der Waals surface area contributed by atoms with Gasteiger partial charge in [0.2, 0.25) is 0 Å². The minimum Gasteiger partial charge on any atom is -0.377 e. The number of rotatable bonds is 6. The van der Waals surface area contributed by atoms with Crippen molar-refractivity contribution in [3.05, 3.63) is 0 Å². The highest BCUT2D eigenvalue weighted by Gasteiger charge is 2.34. The number of hydrogen-bond acceptors (Lipinski definition) is 3. The fraction of sp³-hybridized carbons (Fsp3) is 1.00. The number of hydrogen-bond donors (Lipinski definition) is 1. The van der Waals surface area contributed by atoms with Gasteiger partial charge in [-0.1, -0.05) is 13.8 Å². The third-order valence-corrected chi connectivity index (χ3v) is 4.72. The van der Waals surface area contributed by atoms with E-state index in [1.807, 2.05) is 7.11 Å². The Morgan fingerprint density at radius 3 is 2.47 bits per heavy atom. The van der Waals surface area contributed by atoms with Crippen LogP contribution in [0.4, 0.5) is 0 Å². The van der Waals surface area contributed by atoms with Crippen molar-refractivity contribution in [2.45, 2.75) is 52.1 Å². The van der Waals surface area contributed by atoms with Gasteiger partial charge in [0.15, 0.2) is 0 Å². The minimum atomic E-state index is 0.0417. The Morgan fingerprint density at radius 2 is 2.00 bits per heavy atom. The van der Waals surface area contributed by atoms with Gasteiger partial charge in [0.25, 0.3) is 0 Å². The molecule has 1 atom stereocenters. The number of nitrogens with zero attached hydrogens (tertiary/aromatic N) is 1. The predicted octanol–water partition coefficient (Wildman–Crippen LogP) is 2.25. The molecular weight excluding hydrogens is 212 g/mol. The summed E-state index contributed by atoms with van der Waals surface area (Å²) in [5, 5.41) is 0. The molecule has 17 heavy (non-hydrogen) atoms. The summed E-state index contributed by atoms with van der Waals surface area (Å²) < 4.78 is 5.65. The van der Waals surface area contributed by atoms with E-state index >= 15 is 0 Å². The molecule has 1 fully saturated rings. The smallest absolute Gasteiger partial charge is 0.0777 e. The first kappa shape index (κ1) is 14.9. The van der Waals surface area contributed by atoms with Crippen LogP contribution in [0.2, 0.25) is 0 Å². The van der Waals surface area contributed by atoms with Crippen LogP contribution in [0.1, 0.15) is 46.5 Å². The second-order valence-corrected chi connectivity index (χ2v) is 5.88. The standard InChI is InChI=1S/C14H30N2O/c1-5-14(6-2,10-15)12-16-9-7-8-13(3,11-16)17-4/h5-12,15H2,1-4H3. The fourth-order valence-corrected chi connectivity index (χ4v) is 2.91. The van der Waals surface area contributed by atoms with E-state index in [2.05, 4.69) is 25.7 Å². The quantitative estimate of drug-likeness (QED) is 0.776. The molecular formula is C14H30N2O. The molecule has 2 N–H and O–H groups in total. The molecule has 0 bridgehead atoms. The zero-order chi connectivity index (χ0) is 12.9. The molecule has 3 heteroatoms. The lowest BCUT2D eigenvalue weighted by molar-refractivity contribution is -0.0595. The lowest BCUT2D eigenvalue weighted by Crippen LogP contribution is -2.51. The molecule has 1 aliphatic heterocycles. The topological polar surface area (TPSA) is 38.5 Å². The van der Waals surface area contributed by atoms with Gasteiger partial charge in [-0.25, -0.2) is 0 Å². The van der Waals surface area contributed by atoms with E-state index < -0.39 is 0 Å². The van der Waals surface area contributed by atoms with Gasteiger partial charge in [-0.2, -0.15) is 0 Å². The van der Waals surface area contributed by atoms with Crippen LogP contribution in [-0.4, -0.2) is 43.8 Å². The Morgan fingerprint density at radius 1 is 1.35 bits per heavy atom. The highest BCUT2D eigenvalue weighted by molar-refractivity contribution is 4.89. The summed E-state index contributed by atoms with van der Waals surface area (Å²) in [5.41, 5.74) is 6.33. The van der Waals surface area contributed by atoms with Crippen LogP contribution in [-0.2, 0) is 4.74 Å². The van der Waals surface area contributed by atoms with Gasteiger partial charge in [-0.3, -0.25) is 4.90 Å². The first-order valence-corrected chi connectivity index (χ1v) is 7.00. The van der Waals surface area contributed by atoms with Crippen molar-refractivity contribution < 1.29 is 4.74 Å². The normalized spacial score (nSPS) is 27.4. The Kier molecular flexibility index (Phi) is 5.42. The second kappa shape index (κ2) is 6.17. The zero-order valence-electron chi connectivity index (χ0n) is 12.1. The zero-order valence-corrected chi connectivity index (χ0v) is 12.1. The summed E-state index contributed by atoms with van der Waals surface area (Å²) in [6, 6.07) is 0. The maximum atomic E-state index is 5.99. The third kappa shape index (κ3) is 3.67. The van der Waals surface area contributed by atoms with Crippen LogP contribution in [0.25, 0.3) is 0 Å². The fourth-order valence-electron chi connectivity index (χ4n) is 2.91. The molecule has 0 spiro atoms. The highest BCUT2D eigenvalue weighted by Crippen LogP contribution is 2.30. The van der Waals surface area contributed by atoms with E-state index in [4.69, 9.17) is 10.5 Å². The van der Waals surface area contributed by atoms with Gasteiger partial charge >= 0.3 is 0 Å². The molecule has 0 aromatic carbocycles. The molecule has 102 valence electrons. The maximum Gasteiger partial charge on any atom is 0.0777 e. The van der Waals surface area contributed by atoms with E-state index in [-0.39, 0.29) is 5.60 Å². The van der Waals surface area contributed by atoms with Gasteiger partial charge in [0.05, 0.1) is 5.60 Å². The molecule has 0 radical (unpaired) electrons. The Hall–Kier alpha value is -0.120. The molecule has 0 aromatic rings. The van der Waals surface area contributed by atoms with Crippen molar-refractivity contribution in [1.29, 1.82) is 0 Å². The van der Waals surface area contributed by atoms with E-state index in [9.17, 15) is 0 Å². The highest BCUT2D eigenvalue weighted by atomic mass is 16.5. The van der Waals surface area contributed by atoms with Gasteiger partial charge in [-0.15, -0.1) is 0 Å². The van der Waals surface area contributed by atoms with Crippen LogP contribution in [0.3, 0.4) is 0 Å². The van der Waals surface area contributed by atoms with Gasteiger partial charge in [0, 0.05) is 20.2 Å². The Labute approximate surface area is 107 Å². The lowest BCUT2D eigenvalue weighted by Gasteiger charge is -2.44. The largest absolute Gasteiger partial charge is 0.377 e. The summed E-state index contributed by atoms with van der Waals surface area (Å²) in [5.74, 6) is 0. The molecule has 3 nitrogen and oxygen atoms in total. The first-order valence-electron chi connectivity index (χ1n) is 7.00. The molecule has 0 saturated carbocycles. The number of nitrogens with two attached hydrogens (primary N) is 1. The Balaban J connectivity index is 2.61. The summed E-state index contributed by atoms with van der Waals surface area (Å²) in [7, 11) is 1.83. The molecule has 0 amide bonds. The molecule has 1 saturated heterocycles. The van der Waals surface area contributed by atoms with Crippen molar-refractivity contribution in [2.75, 3.05) is 33.3 Å². The molecule has 1 rings (SSSR count). The Bertz CT molecular complexity index is 220. The maximum absolute atomic E-state index is 5.99. The van der Waals surface area contributed by atoms with E-state index in [1.165, 1.54) is 32.2 Å². The van der Waals surface area contributed by atoms with Crippen LogP contribution < -0.4 is 5.73 Å². The summed E-state index contributed by atoms with van der Waals surface area (Å²) in [6.45, 7) is 10.9. The van der Waals surface area contributed by atoms with Crippen LogP contribution >= 0.6 is 0 Å². The van der Waals surface area contributed by atoms with Crippen LogP contribution in [0.5, 0.6) is 0 Å². The summed E-state index contributed by atoms with van der Waals surface area (Å²) in [4.78, 5) is 2.55. The van der Waals surface area contributed by atoms with E-state index in [0.717, 1.165) is 19.6 Å². The van der Waals surface area contributed by atoms with E-state index in [0.29, 0.717) is 5.41 Å². The SMILES string of the molecule is CCC(CC)(CN)CN1CCCC(C)(OC)C1. The molecule has 1 aliphatic rings. The van der Waals surface area contributed by atoms with Crippen LogP contribution in [0.15, 0.2) is 0 Å². The van der Waals surface area contributed by atoms with Gasteiger partial charge < -0.3 is 10.5 Å². The van der Waals surface area contributed by atoms with Gasteiger partial charge in [0.1, 0.15) is 0 Å². The predicted molar refractivity (Wildman–Crippen MR) is 73.2 cm³/mol. The van der Waals surface area contributed by atoms with Crippen LogP contribution in [0, 0.1) is 5.41 Å². The number of ether oxygens (including phenoxy) is 1. The average molecular weight is 242 g/mol. The molecule has 0 aliphatic carbocycles. The molecule has 1 heterocycles. The van der Waals surface area contributed by atoms with Crippen molar-refractivity contribution in [2.24, 2.45) is 11.1 Å². The summed E-state index contributed by atoms with van der Waals surface area (Å²) in [6.07, 6.45) is 4.74. The monoisotopic (exact) mass is 242 g/mol. The average Bonchev–Trinajstić information content (AvgIpc) is 2.36. The van der Waals surface area contributed by atoms with Crippen molar-refractivity contribution in [3.63, 3.8) is 0 Å². The molecule has 0 aromatic heterocycles.